The maximum absolute atomic E-state index is 6.11. The second-order valence-electron chi connectivity index (χ2n) is 5.70. The van der Waals surface area contributed by atoms with E-state index in [1.165, 1.54) is 28.1 Å². The molecule has 0 atom stereocenters. The molecule has 0 amide bonds. The minimum atomic E-state index is 0. The standard InChI is InChI=1S/C20H18N2O2S.ClH/c21-20(22-16-8-9-18-19(12-16)24-11-10-23-18)25-13-15-6-3-5-14-4-1-2-7-17(14)15;/h1-9,12H,10-11,13H2,(H2,21,22);1H. The number of hydrogen-bond donors (Lipinski definition) is 1. The number of aliphatic imine (C=N–C) groups is 1. The topological polar surface area (TPSA) is 56.8 Å². The van der Waals surface area contributed by atoms with Crippen LogP contribution in [0.25, 0.3) is 10.8 Å². The van der Waals surface area contributed by atoms with E-state index >= 15 is 0 Å². The first kappa shape index (κ1) is 18.4. The predicted molar refractivity (Wildman–Crippen MR) is 111 cm³/mol. The van der Waals surface area contributed by atoms with Crippen LogP contribution in [0.3, 0.4) is 0 Å². The molecule has 3 aromatic carbocycles. The van der Waals surface area contributed by atoms with E-state index in [0.717, 1.165) is 22.9 Å². The molecule has 0 unspecified atom stereocenters. The van der Waals surface area contributed by atoms with E-state index in [1.807, 2.05) is 18.2 Å². The number of hydrogen-bond acceptors (Lipinski definition) is 4. The van der Waals surface area contributed by atoms with Gasteiger partial charge in [-0.1, -0.05) is 54.2 Å². The summed E-state index contributed by atoms with van der Waals surface area (Å²) in [5.74, 6) is 2.26. The van der Waals surface area contributed by atoms with E-state index in [1.54, 1.807) is 0 Å². The van der Waals surface area contributed by atoms with E-state index in [2.05, 4.69) is 47.5 Å². The Kier molecular flexibility index (Phi) is 5.91. The van der Waals surface area contributed by atoms with Gasteiger partial charge in [-0.2, -0.15) is 0 Å². The highest BCUT2D eigenvalue weighted by molar-refractivity contribution is 8.13. The lowest BCUT2D eigenvalue weighted by atomic mass is 10.1. The van der Waals surface area contributed by atoms with Crippen molar-refractivity contribution in [2.45, 2.75) is 5.75 Å². The van der Waals surface area contributed by atoms with E-state index in [4.69, 9.17) is 15.2 Å². The molecule has 0 saturated heterocycles. The average Bonchev–Trinajstić information content (AvgIpc) is 2.66. The Bertz CT molecular complexity index is 941. The first-order chi connectivity index (χ1) is 12.3. The van der Waals surface area contributed by atoms with Crippen molar-refractivity contribution in [2.75, 3.05) is 13.2 Å². The Hall–Kier alpha value is -2.37. The smallest absolute Gasteiger partial charge is 0.163 e. The summed E-state index contributed by atoms with van der Waals surface area (Å²) in [6.07, 6.45) is 0. The molecule has 0 aromatic heterocycles. The van der Waals surface area contributed by atoms with Crippen molar-refractivity contribution in [3.8, 4) is 11.5 Å². The molecule has 1 aliphatic rings. The second-order valence-corrected chi connectivity index (χ2v) is 6.70. The van der Waals surface area contributed by atoms with Crippen molar-refractivity contribution in [1.29, 1.82) is 0 Å². The van der Waals surface area contributed by atoms with Crippen molar-refractivity contribution in [2.24, 2.45) is 10.7 Å². The molecule has 0 radical (unpaired) electrons. The number of rotatable bonds is 3. The van der Waals surface area contributed by atoms with Gasteiger partial charge in [-0.05, 0) is 28.5 Å². The third-order valence-electron chi connectivity index (χ3n) is 4.02. The fourth-order valence-corrected chi connectivity index (χ4v) is 3.56. The summed E-state index contributed by atoms with van der Waals surface area (Å²) in [5, 5.41) is 3.03. The average molecular weight is 387 g/mol. The van der Waals surface area contributed by atoms with Gasteiger partial charge in [0.25, 0.3) is 0 Å². The first-order valence-electron chi connectivity index (χ1n) is 8.13. The molecule has 134 valence electrons. The number of fused-ring (bicyclic) bond motifs is 2. The summed E-state index contributed by atoms with van der Waals surface area (Å²) in [7, 11) is 0. The van der Waals surface area contributed by atoms with E-state index in [9.17, 15) is 0 Å². The van der Waals surface area contributed by atoms with E-state index in [-0.39, 0.29) is 12.4 Å². The summed E-state index contributed by atoms with van der Waals surface area (Å²) >= 11 is 1.53. The summed E-state index contributed by atoms with van der Waals surface area (Å²) in [4.78, 5) is 4.48. The summed E-state index contributed by atoms with van der Waals surface area (Å²) in [6, 6.07) is 20.3. The highest BCUT2D eigenvalue weighted by atomic mass is 35.5. The zero-order valence-corrected chi connectivity index (χ0v) is 15.7. The van der Waals surface area contributed by atoms with Gasteiger partial charge in [0.05, 0.1) is 5.69 Å². The molecule has 0 fully saturated rings. The minimum absolute atomic E-state index is 0. The normalized spacial score (nSPS) is 13.3. The van der Waals surface area contributed by atoms with Crippen molar-refractivity contribution in [3.63, 3.8) is 0 Å². The van der Waals surface area contributed by atoms with Gasteiger partial charge >= 0.3 is 0 Å². The summed E-state index contributed by atoms with van der Waals surface area (Å²) in [6.45, 7) is 1.14. The lowest BCUT2D eigenvalue weighted by molar-refractivity contribution is 0.171. The second kappa shape index (κ2) is 8.34. The molecule has 4 nitrogen and oxygen atoms in total. The molecule has 0 bridgehead atoms. The van der Waals surface area contributed by atoms with Gasteiger partial charge in [0, 0.05) is 11.8 Å². The molecule has 2 N–H and O–H groups in total. The number of thioether (sulfide) groups is 1. The maximum atomic E-state index is 6.11. The summed E-state index contributed by atoms with van der Waals surface area (Å²) < 4.78 is 11.1. The largest absolute Gasteiger partial charge is 0.486 e. The third kappa shape index (κ3) is 4.06. The number of benzene rings is 3. The molecule has 26 heavy (non-hydrogen) atoms. The maximum Gasteiger partial charge on any atom is 0.163 e. The van der Waals surface area contributed by atoms with Gasteiger partial charge in [-0.3, -0.25) is 0 Å². The number of halogens is 1. The highest BCUT2D eigenvalue weighted by Crippen LogP contribution is 2.34. The van der Waals surface area contributed by atoms with Crippen molar-refractivity contribution < 1.29 is 9.47 Å². The number of ether oxygens (including phenoxy) is 2. The molecule has 4 rings (SSSR count). The van der Waals surface area contributed by atoms with Crippen LogP contribution < -0.4 is 15.2 Å². The molecule has 3 aromatic rings. The molecule has 6 heteroatoms. The quantitative estimate of drug-likeness (QED) is 0.513. The fraction of sp³-hybridized carbons (Fsp3) is 0.150. The highest BCUT2D eigenvalue weighted by Gasteiger charge is 2.11. The van der Waals surface area contributed by atoms with Gasteiger partial charge in [-0.15, -0.1) is 12.4 Å². The first-order valence-corrected chi connectivity index (χ1v) is 9.11. The number of amidine groups is 1. The number of nitrogens with two attached hydrogens (primary N) is 1. The third-order valence-corrected chi connectivity index (χ3v) is 4.86. The zero-order valence-electron chi connectivity index (χ0n) is 14.1. The van der Waals surface area contributed by atoms with Crippen LogP contribution in [0.15, 0.2) is 65.7 Å². The Morgan fingerprint density at radius 2 is 1.73 bits per heavy atom. The predicted octanol–water partition coefficient (Wildman–Crippen LogP) is 4.91. The van der Waals surface area contributed by atoms with Crippen molar-refractivity contribution in [1.82, 2.24) is 0 Å². The van der Waals surface area contributed by atoms with E-state index < -0.39 is 0 Å². The minimum Gasteiger partial charge on any atom is -0.486 e. The van der Waals surface area contributed by atoms with Crippen LogP contribution in [0.1, 0.15) is 5.56 Å². The summed E-state index contributed by atoms with van der Waals surface area (Å²) in [5.41, 5.74) is 8.14. The van der Waals surface area contributed by atoms with Gasteiger partial charge in [-0.25, -0.2) is 4.99 Å². The van der Waals surface area contributed by atoms with Gasteiger partial charge in [0.2, 0.25) is 0 Å². The molecule has 0 saturated carbocycles. The monoisotopic (exact) mass is 386 g/mol. The fourth-order valence-electron chi connectivity index (χ4n) is 2.83. The number of nitrogens with zero attached hydrogens (tertiary/aromatic N) is 1. The Morgan fingerprint density at radius 1 is 0.962 bits per heavy atom. The lowest BCUT2D eigenvalue weighted by Gasteiger charge is -2.18. The Labute approximate surface area is 162 Å². The molecular weight excluding hydrogens is 368 g/mol. The Morgan fingerprint density at radius 3 is 2.62 bits per heavy atom. The van der Waals surface area contributed by atoms with E-state index in [0.29, 0.717) is 18.4 Å². The van der Waals surface area contributed by atoms with Crippen LogP contribution in [-0.4, -0.2) is 18.4 Å². The van der Waals surface area contributed by atoms with Crippen LogP contribution in [0, 0.1) is 0 Å². The van der Waals surface area contributed by atoms with Crippen LogP contribution in [-0.2, 0) is 5.75 Å². The van der Waals surface area contributed by atoms with Gasteiger partial charge in [0.1, 0.15) is 13.2 Å². The van der Waals surface area contributed by atoms with Crippen LogP contribution in [0.2, 0.25) is 0 Å². The zero-order chi connectivity index (χ0) is 17.1. The molecule has 0 spiro atoms. The van der Waals surface area contributed by atoms with Gasteiger partial charge < -0.3 is 15.2 Å². The van der Waals surface area contributed by atoms with Crippen LogP contribution in [0.4, 0.5) is 5.69 Å². The SMILES string of the molecule is Cl.NC(=Nc1ccc2c(c1)OCCO2)SCc1cccc2ccccc12. The molecule has 1 heterocycles. The lowest BCUT2D eigenvalue weighted by Crippen LogP contribution is -2.15. The van der Waals surface area contributed by atoms with Crippen LogP contribution >= 0.6 is 24.2 Å². The van der Waals surface area contributed by atoms with Crippen molar-refractivity contribution >= 4 is 45.8 Å². The Balaban J connectivity index is 0.00000196. The molecular formula is C20H19ClN2O2S. The molecule has 0 aliphatic carbocycles. The molecule has 1 aliphatic heterocycles. The van der Waals surface area contributed by atoms with Gasteiger partial charge in [0.15, 0.2) is 16.7 Å². The van der Waals surface area contributed by atoms with Crippen molar-refractivity contribution in [3.05, 3.63) is 66.2 Å². The van der Waals surface area contributed by atoms with Crippen LogP contribution in [0.5, 0.6) is 11.5 Å².